The maximum absolute atomic E-state index is 13.7. The van der Waals surface area contributed by atoms with E-state index in [0.29, 0.717) is 23.5 Å². The molecule has 0 spiro atoms. The lowest BCUT2D eigenvalue weighted by Gasteiger charge is -2.35. The van der Waals surface area contributed by atoms with Gasteiger partial charge in [-0.3, -0.25) is 4.79 Å². The second kappa shape index (κ2) is 4.75. The molecular formula is C14H12FNO2S. The van der Waals surface area contributed by atoms with Crippen LogP contribution in [-0.4, -0.2) is 35.1 Å². The standard InChI is InChI=1S/C14H12FNO2S/c15-11-4-2-1-3-10(11)12-5-6-13(19-12)14(18)16-7-9(17)8-16/h1-6,9,17H,7-8H2. The zero-order valence-electron chi connectivity index (χ0n) is 10.0. The second-order valence-corrected chi connectivity index (χ2v) is 5.59. The smallest absolute Gasteiger partial charge is 0.264 e. The first-order valence-corrected chi connectivity index (χ1v) is 6.79. The van der Waals surface area contributed by atoms with E-state index < -0.39 is 6.10 Å². The summed E-state index contributed by atoms with van der Waals surface area (Å²) in [5.74, 6) is -0.388. The van der Waals surface area contributed by atoms with Crippen LogP contribution < -0.4 is 0 Å². The molecule has 1 aromatic heterocycles. The van der Waals surface area contributed by atoms with Crippen molar-refractivity contribution in [3.63, 3.8) is 0 Å². The van der Waals surface area contributed by atoms with Crippen LogP contribution in [0.5, 0.6) is 0 Å². The fourth-order valence-electron chi connectivity index (χ4n) is 2.04. The van der Waals surface area contributed by atoms with Crippen molar-refractivity contribution in [2.45, 2.75) is 6.10 Å². The minimum atomic E-state index is -0.407. The summed E-state index contributed by atoms with van der Waals surface area (Å²) in [6, 6.07) is 9.97. The van der Waals surface area contributed by atoms with Crippen LogP contribution in [0.4, 0.5) is 4.39 Å². The summed E-state index contributed by atoms with van der Waals surface area (Å²) in [6.45, 7) is 0.761. The van der Waals surface area contributed by atoms with Gasteiger partial charge in [0.25, 0.3) is 5.91 Å². The lowest BCUT2D eigenvalue weighted by atomic mass is 10.1. The van der Waals surface area contributed by atoms with Gasteiger partial charge in [0.05, 0.1) is 11.0 Å². The monoisotopic (exact) mass is 277 g/mol. The van der Waals surface area contributed by atoms with Gasteiger partial charge in [0.15, 0.2) is 0 Å². The topological polar surface area (TPSA) is 40.5 Å². The molecule has 1 aliphatic heterocycles. The van der Waals surface area contributed by atoms with Gasteiger partial charge >= 0.3 is 0 Å². The molecule has 2 heterocycles. The van der Waals surface area contributed by atoms with E-state index in [0.717, 1.165) is 4.88 Å². The molecule has 2 aromatic rings. The Bertz CT molecular complexity index is 619. The van der Waals surface area contributed by atoms with Gasteiger partial charge in [0.2, 0.25) is 0 Å². The minimum absolute atomic E-state index is 0.0992. The van der Waals surface area contributed by atoms with Crippen molar-refractivity contribution in [2.24, 2.45) is 0 Å². The Morgan fingerprint density at radius 3 is 2.68 bits per heavy atom. The zero-order chi connectivity index (χ0) is 13.4. The van der Waals surface area contributed by atoms with Gasteiger partial charge in [-0.25, -0.2) is 4.39 Å². The van der Waals surface area contributed by atoms with E-state index in [9.17, 15) is 14.3 Å². The van der Waals surface area contributed by atoms with E-state index in [2.05, 4.69) is 0 Å². The van der Waals surface area contributed by atoms with Gasteiger partial charge in [0.1, 0.15) is 5.82 Å². The Morgan fingerprint density at radius 1 is 1.26 bits per heavy atom. The predicted molar refractivity (Wildman–Crippen MR) is 71.6 cm³/mol. The van der Waals surface area contributed by atoms with E-state index in [1.165, 1.54) is 17.4 Å². The van der Waals surface area contributed by atoms with Crippen molar-refractivity contribution >= 4 is 17.2 Å². The molecule has 5 heteroatoms. The first-order valence-electron chi connectivity index (χ1n) is 5.97. The van der Waals surface area contributed by atoms with E-state index >= 15 is 0 Å². The van der Waals surface area contributed by atoms with Crippen molar-refractivity contribution in [2.75, 3.05) is 13.1 Å². The van der Waals surface area contributed by atoms with Crippen molar-refractivity contribution < 1.29 is 14.3 Å². The lowest BCUT2D eigenvalue weighted by molar-refractivity contribution is 0.00623. The zero-order valence-corrected chi connectivity index (χ0v) is 10.9. The summed E-state index contributed by atoms with van der Waals surface area (Å²) in [6.07, 6.45) is -0.407. The second-order valence-electron chi connectivity index (χ2n) is 4.51. The van der Waals surface area contributed by atoms with Gasteiger partial charge in [-0.2, -0.15) is 0 Å². The Balaban J connectivity index is 1.84. The number of aliphatic hydroxyl groups is 1. The normalized spacial score (nSPS) is 15.4. The Morgan fingerprint density at radius 2 is 2.00 bits per heavy atom. The quantitative estimate of drug-likeness (QED) is 0.915. The summed E-state index contributed by atoms with van der Waals surface area (Å²) >= 11 is 1.27. The fraction of sp³-hybridized carbons (Fsp3) is 0.214. The highest BCUT2D eigenvalue weighted by Crippen LogP contribution is 2.31. The van der Waals surface area contributed by atoms with Gasteiger partial charge in [0, 0.05) is 23.5 Å². The molecule has 98 valence electrons. The Hall–Kier alpha value is -1.72. The fourth-order valence-corrected chi connectivity index (χ4v) is 3.04. The first-order chi connectivity index (χ1) is 9.15. The third-order valence-corrected chi connectivity index (χ3v) is 4.21. The molecule has 0 atom stereocenters. The van der Waals surface area contributed by atoms with Crippen LogP contribution in [0.15, 0.2) is 36.4 Å². The number of β-amino-alcohol motifs (C(OH)–C–C–N with tert-alkyl or cyclic N) is 1. The minimum Gasteiger partial charge on any atom is -0.389 e. The van der Waals surface area contributed by atoms with Gasteiger partial charge in [-0.05, 0) is 18.2 Å². The number of benzene rings is 1. The van der Waals surface area contributed by atoms with Crippen LogP contribution in [0.2, 0.25) is 0 Å². The maximum atomic E-state index is 13.7. The van der Waals surface area contributed by atoms with Crippen LogP contribution >= 0.6 is 11.3 Å². The van der Waals surface area contributed by atoms with Crippen molar-refractivity contribution in [3.05, 3.63) is 47.1 Å². The van der Waals surface area contributed by atoms with E-state index in [1.54, 1.807) is 35.2 Å². The number of carbonyl (C=O) groups excluding carboxylic acids is 1. The molecule has 1 aliphatic rings. The number of likely N-dealkylation sites (tertiary alicyclic amines) is 1. The molecule has 1 aromatic carbocycles. The van der Waals surface area contributed by atoms with Gasteiger partial charge in [-0.1, -0.05) is 18.2 Å². The Kier molecular flexibility index (Phi) is 3.08. The highest BCUT2D eigenvalue weighted by atomic mass is 32.1. The third kappa shape index (κ3) is 2.27. The molecule has 19 heavy (non-hydrogen) atoms. The third-order valence-electron chi connectivity index (χ3n) is 3.11. The summed E-state index contributed by atoms with van der Waals surface area (Å²) in [5.41, 5.74) is 0.509. The van der Waals surface area contributed by atoms with Crippen molar-refractivity contribution in [1.29, 1.82) is 0 Å². The largest absolute Gasteiger partial charge is 0.389 e. The maximum Gasteiger partial charge on any atom is 0.264 e. The highest BCUT2D eigenvalue weighted by molar-refractivity contribution is 7.17. The summed E-state index contributed by atoms with van der Waals surface area (Å²) in [7, 11) is 0. The van der Waals surface area contributed by atoms with E-state index in [-0.39, 0.29) is 11.7 Å². The molecule has 0 bridgehead atoms. The summed E-state index contributed by atoms with van der Waals surface area (Å²) in [4.78, 5) is 14.9. The van der Waals surface area contributed by atoms with Crippen LogP contribution in [0, 0.1) is 5.82 Å². The number of halogens is 1. The van der Waals surface area contributed by atoms with Crippen LogP contribution in [0.3, 0.4) is 0 Å². The van der Waals surface area contributed by atoms with Crippen LogP contribution in [-0.2, 0) is 0 Å². The number of hydrogen-bond donors (Lipinski definition) is 1. The van der Waals surface area contributed by atoms with E-state index in [1.807, 2.05) is 0 Å². The number of aliphatic hydroxyl groups excluding tert-OH is 1. The Labute approximate surface area is 113 Å². The number of nitrogens with zero attached hydrogens (tertiary/aromatic N) is 1. The predicted octanol–water partition coefficient (Wildman–Crippen LogP) is 2.37. The average molecular weight is 277 g/mol. The van der Waals surface area contributed by atoms with Crippen LogP contribution in [0.25, 0.3) is 10.4 Å². The first kappa shape index (κ1) is 12.3. The number of hydrogen-bond acceptors (Lipinski definition) is 3. The summed E-state index contributed by atoms with van der Waals surface area (Å²) in [5, 5.41) is 9.19. The number of thiophene rings is 1. The molecule has 1 fully saturated rings. The van der Waals surface area contributed by atoms with Crippen molar-refractivity contribution in [3.8, 4) is 10.4 Å². The molecule has 0 radical (unpaired) electrons. The number of amides is 1. The summed E-state index contributed by atoms with van der Waals surface area (Å²) < 4.78 is 13.7. The molecule has 3 rings (SSSR count). The molecule has 3 nitrogen and oxygen atoms in total. The van der Waals surface area contributed by atoms with E-state index in [4.69, 9.17) is 0 Å². The lowest BCUT2D eigenvalue weighted by Crippen LogP contribution is -2.53. The molecular weight excluding hydrogens is 265 g/mol. The molecule has 0 aliphatic carbocycles. The SMILES string of the molecule is O=C(c1ccc(-c2ccccc2F)s1)N1CC(O)C1. The number of carbonyl (C=O) groups is 1. The molecule has 1 saturated heterocycles. The van der Waals surface area contributed by atoms with Crippen molar-refractivity contribution in [1.82, 2.24) is 4.90 Å². The molecule has 1 amide bonds. The molecule has 0 saturated carbocycles. The highest BCUT2D eigenvalue weighted by Gasteiger charge is 2.30. The van der Waals surface area contributed by atoms with Gasteiger partial charge in [-0.15, -0.1) is 11.3 Å². The number of rotatable bonds is 2. The average Bonchev–Trinajstić information content (AvgIpc) is 2.84. The molecule has 1 N–H and O–H groups in total. The molecule has 0 unspecified atom stereocenters. The van der Waals surface area contributed by atoms with Crippen LogP contribution in [0.1, 0.15) is 9.67 Å². The van der Waals surface area contributed by atoms with Gasteiger partial charge < -0.3 is 10.0 Å².